The number of hydrogen-bond donors (Lipinski definition) is 0. The van der Waals surface area contributed by atoms with Crippen molar-refractivity contribution in [1.82, 2.24) is 9.38 Å². The van der Waals surface area contributed by atoms with Gasteiger partial charge in [-0.05, 0) is 16.8 Å². The van der Waals surface area contributed by atoms with E-state index < -0.39 is 0 Å². The maximum absolute atomic E-state index is 5.96. The van der Waals surface area contributed by atoms with Crippen LogP contribution >= 0.6 is 22.9 Å². The van der Waals surface area contributed by atoms with Gasteiger partial charge in [-0.25, -0.2) is 4.98 Å². The smallest absolute Gasteiger partial charge is 0.195 e. The minimum absolute atomic E-state index is 0.757. The summed E-state index contributed by atoms with van der Waals surface area (Å²) in [7, 11) is 0. The number of hydrogen-bond acceptors (Lipinski definition) is 2. The minimum Gasteiger partial charge on any atom is -0.296 e. The average Bonchev–Trinajstić information content (AvgIpc) is 2.95. The molecule has 0 aliphatic heterocycles. The molecule has 0 fully saturated rings. The zero-order valence-electron chi connectivity index (χ0n) is 9.88. The first-order valence-corrected chi connectivity index (χ1v) is 7.12. The number of benzene rings is 2. The number of aromatic nitrogens is 2. The van der Waals surface area contributed by atoms with Crippen molar-refractivity contribution in [2.24, 2.45) is 0 Å². The molecule has 0 aliphatic rings. The highest BCUT2D eigenvalue weighted by Gasteiger charge is 2.07. The van der Waals surface area contributed by atoms with Gasteiger partial charge < -0.3 is 0 Å². The Bertz CT molecular complexity index is 860. The largest absolute Gasteiger partial charge is 0.296 e. The molecule has 0 unspecified atom stereocenters. The molecule has 0 saturated heterocycles. The standard InChI is InChI=1S/C15H9ClN2S/c16-14-9-18-8-13(17-15(18)19-14)12-6-5-10-3-1-2-4-11(10)7-12/h1-9H. The van der Waals surface area contributed by atoms with Crippen LogP contribution in [0.4, 0.5) is 0 Å². The predicted octanol–water partition coefficient (Wildman–Crippen LogP) is 4.87. The monoisotopic (exact) mass is 284 g/mol. The molecule has 2 nitrogen and oxygen atoms in total. The van der Waals surface area contributed by atoms with Gasteiger partial charge in [0, 0.05) is 18.0 Å². The Morgan fingerprint density at radius 1 is 1.00 bits per heavy atom. The molecule has 0 spiro atoms. The van der Waals surface area contributed by atoms with E-state index in [0.29, 0.717) is 0 Å². The number of fused-ring (bicyclic) bond motifs is 2. The Hall–Kier alpha value is -1.84. The van der Waals surface area contributed by atoms with Crippen LogP contribution < -0.4 is 0 Å². The SMILES string of the molecule is Clc1cn2cc(-c3ccc4ccccc4c3)nc2s1. The van der Waals surface area contributed by atoms with Crippen LogP contribution in [-0.2, 0) is 0 Å². The van der Waals surface area contributed by atoms with E-state index in [9.17, 15) is 0 Å². The number of nitrogens with zero attached hydrogens (tertiary/aromatic N) is 2. The van der Waals surface area contributed by atoms with Crippen LogP contribution in [0.1, 0.15) is 0 Å². The number of imidazole rings is 1. The van der Waals surface area contributed by atoms with Crippen molar-refractivity contribution in [2.45, 2.75) is 0 Å². The van der Waals surface area contributed by atoms with Crippen molar-refractivity contribution in [1.29, 1.82) is 0 Å². The summed E-state index contributed by atoms with van der Waals surface area (Å²) < 4.78 is 2.73. The lowest BCUT2D eigenvalue weighted by Crippen LogP contribution is -1.78. The Labute approximate surface area is 118 Å². The van der Waals surface area contributed by atoms with Crippen LogP contribution in [0.2, 0.25) is 4.34 Å². The predicted molar refractivity (Wildman–Crippen MR) is 81.0 cm³/mol. The van der Waals surface area contributed by atoms with Gasteiger partial charge in [0.2, 0.25) is 0 Å². The first-order valence-electron chi connectivity index (χ1n) is 5.93. The first kappa shape index (κ1) is 11.0. The van der Waals surface area contributed by atoms with Gasteiger partial charge in [-0.15, -0.1) is 0 Å². The van der Waals surface area contributed by atoms with Gasteiger partial charge in [0.1, 0.15) is 4.34 Å². The number of rotatable bonds is 1. The van der Waals surface area contributed by atoms with Crippen molar-refractivity contribution in [3.63, 3.8) is 0 Å². The van der Waals surface area contributed by atoms with Gasteiger partial charge in [0.25, 0.3) is 0 Å². The lowest BCUT2D eigenvalue weighted by atomic mass is 10.1. The summed E-state index contributed by atoms with van der Waals surface area (Å²) >= 11 is 7.45. The van der Waals surface area contributed by atoms with Crippen molar-refractivity contribution < 1.29 is 0 Å². The summed E-state index contributed by atoms with van der Waals surface area (Å²) in [4.78, 5) is 5.53. The van der Waals surface area contributed by atoms with E-state index >= 15 is 0 Å². The molecule has 0 N–H and O–H groups in total. The molecular weight excluding hydrogens is 276 g/mol. The van der Waals surface area contributed by atoms with Crippen LogP contribution in [0.5, 0.6) is 0 Å². The summed E-state index contributed by atoms with van der Waals surface area (Å²) in [6.45, 7) is 0. The second kappa shape index (κ2) is 4.08. The normalized spacial score (nSPS) is 11.4. The third-order valence-corrected chi connectivity index (χ3v) is 4.29. The molecule has 4 heteroatoms. The lowest BCUT2D eigenvalue weighted by molar-refractivity contribution is 1.23. The molecule has 2 aromatic carbocycles. The summed E-state index contributed by atoms with van der Waals surface area (Å²) in [6, 6.07) is 14.7. The molecule has 2 aromatic heterocycles. The fraction of sp³-hybridized carbons (Fsp3) is 0. The van der Waals surface area contributed by atoms with E-state index in [2.05, 4.69) is 47.4 Å². The summed E-state index contributed by atoms with van der Waals surface area (Å²) in [5.41, 5.74) is 2.11. The van der Waals surface area contributed by atoms with E-state index in [0.717, 1.165) is 20.6 Å². The van der Waals surface area contributed by atoms with Crippen LogP contribution in [-0.4, -0.2) is 9.38 Å². The molecule has 0 aliphatic carbocycles. The third-order valence-electron chi connectivity index (χ3n) is 3.17. The van der Waals surface area contributed by atoms with E-state index in [4.69, 9.17) is 11.6 Å². The van der Waals surface area contributed by atoms with E-state index in [-0.39, 0.29) is 0 Å². The van der Waals surface area contributed by atoms with Crippen molar-refractivity contribution in [3.8, 4) is 11.3 Å². The lowest BCUT2D eigenvalue weighted by Gasteiger charge is -2.00. The fourth-order valence-corrected chi connectivity index (χ4v) is 3.26. The molecule has 19 heavy (non-hydrogen) atoms. The molecule has 0 atom stereocenters. The van der Waals surface area contributed by atoms with Crippen LogP contribution in [0, 0.1) is 0 Å². The summed E-state index contributed by atoms with van der Waals surface area (Å²) in [5, 5.41) is 2.48. The topological polar surface area (TPSA) is 17.3 Å². The quantitative estimate of drug-likeness (QED) is 0.487. The number of halogens is 1. The Morgan fingerprint density at radius 3 is 2.68 bits per heavy atom. The van der Waals surface area contributed by atoms with E-state index in [1.165, 1.54) is 22.1 Å². The van der Waals surface area contributed by atoms with Crippen LogP contribution in [0.15, 0.2) is 54.9 Å². The first-order chi connectivity index (χ1) is 9.29. The molecule has 2 heterocycles. The zero-order chi connectivity index (χ0) is 12.8. The third kappa shape index (κ3) is 1.82. The second-order valence-corrected chi connectivity index (χ2v) is 6.05. The average molecular weight is 285 g/mol. The molecule has 0 amide bonds. The van der Waals surface area contributed by atoms with Crippen LogP contribution in [0.3, 0.4) is 0 Å². The molecule has 4 aromatic rings. The fourth-order valence-electron chi connectivity index (χ4n) is 2.26. The molecule has 0 radical (unpaired) electrons. The minimum atomic E-state index is 0.757. The van der Waals surface area contributed by atoms with Gasteiger partial charge in [-0.3, -0.25) is 4.40 Å². The molecule has 0 saturated carbocycles. The molecule has 92 valence electrons. The Morgan fingerprint density at radius 2 is 1.84 bits per heavy atom. The van der Waals surface area contributed by atoms with Gasteiger partial charge in [-0.1, -0.05) is 59.3 Å². The van der Waals surface area contributed by atoms with Crippen molar-refractivity contribution in [2.75, 3.05) is 0 Å². The van der Waals surface area contributed by atoms with E-state index in [1.54, 1.807) is 0 Å². The highest BCUT2D eigenvalue weighted by atomic mass is 35.5. The maximum Gasteiger partial charge on any atom is 0.195 e. The van der Waals surface area contributed by atoms with Crippen molar-refractivity contribution in [3.05, 3.63) is 59.2 Å². The van der Waals surface area contributed by atoms with Crippen LogP contribution in [0.25, 0.3) is 27.0 Å². The second-order valence-electron chi connectivity index (χ2n) is 4.41. The summed E-state index contributed by atoms with van der Waals surface area (Å²) in [6.07, 6.45) is 3.90. The van der Waals surface area contributed by atoms with Crippen molar-refractivity contribution >= 4 is 38.7 Å². The zero-order valence-corrected chi connectivity index (χ0v) is 11.4. The Kier molecular flexibility index (Phi) is 2.37. The van der Waals surface area contributed by atoms with E-state index in [1.807, 2.05) is 16.8 Å². The Balaban J connectivity index is 1.90. The van der Waals surface area contributed by atoms with Gasteiger partial charge in [0.15, 0.2) is 4.96 Å². The van der Waals surface area contributed by atoms with Gasteiger partial charge in [0.05, 0.1) is 5.69 Å². The molecule has 4 rings (SSSR count). The number of thiazole rings is 1. The highest BCUT2D eigenvalue weighted by Crippen LogP contribution is 2.28. The molecule has 0 bridgehead atoms. The molecular formula is C15H9ClN2S. The highest BCUT2D eigenvalue weighted by molar-refractivity contribution is 7.20. The summed E-state index contributed by atoms with van der Waals surface area (Å²) in [5.74, 6) is 0. The maximum atomic E-state index is 5.96. The van der Waals surface area contributed by atoms with Gasteiger partial charge >= 0.3 is 0 Å². The van der Waals surface area contributed by atoms with Gasteiger partial charge in [-0.2, -0.15) is 0 Å².